The van der Waals surface area contributed by atoms with E-state index in [4.69, 9.17) is 0 Å². The van der Waals surface area contributed by atoms with Crippen LogP contribution in [0, 0.1) is 0 Å². The van der Waals surface area contributed by atoms with E-state index < -0.39 is 10.0 Å². The normalized spacial score (nSPS) is 14.0. The third kappa shape index (κ3) is 4.76. The summed E-state index contributed by atoms with van der Waals surface area (Å²) in [7, 11) is -3.31. The zero-order chi connectivity index (χ0) is 21.1. The van der Waals surface area contributed by atoms with Crippen LogP contribution in [0.15, 0.2) is 47.2 Å². The second-order valence-corrected chi connectivity index (χ2v) is 11.0. The van der Waals surface area contributed by atoms with Gasteiger partial charge in [0.2, 0.25) is 10.0 Å². The number of rotatable bonds is 8. The SMILES string of the molecule is CS(=O)(=O)N1CCCc2cc(C(=O)CSc3nncn3CCc3cccs3)ccc21. The van der Waals surface area contributed by atoms with Crippen molar-refractivity contribution in [3.8, 4) is 0 Å². The van der Waals surface area contributed by atoms with Crippen LogP contribution in [0.2, 0.25) is 0 Å². The molecular weight excluding hydrogens is 440 g/mol. The molecule has 158 valence electrons. The van der Waals surface area contributed by atoms with Gasteiger partial charge in [0.05, 0.1) is 17.7 Å². The number of aryl methyl sites for hydroxylation is 3. The maximum Gasteiger partial charge on any atom is 0.232 e. The highest BCUT2D eigenvalue weighted by Crippen LogP contribution is 2.30. The zero-order valence-corrected chi connectivity index (χ0v) is 19.0. The van der Waals surface area contributed by atoms with E-state index in [0.29, 0.717) is 17.8 Å². The number of carbonyl (C=O) groups is 1. The van der Waals surface area contributed by atoms with Crippen LogP contribution in [-0.4, -0.2) is 47.5 Å². The predicted molar refractivity (Wildman–Crippen MR) is 120 cm³/mol. The lowest BCUT2D eigenvalue weighted by Crippen LogP contribution is -2.34. The molecule has 1 aromatic carbocycles. The summed E-state index contributed by atoms with van der Waals surface area (Å²) >= 11 is 3.10. The Hall–Kier alpha value is -2.17. The number of hydrogen-bond acceptors (Lipinski definition) is 7. The van der Waals surface area contributed by atoms with Gasteiger partial charge in [-0.15, -0.1) is 21.5 Å². The first kappa shape index (κ1) is 21.1. The molecule has 0 aliphatic carbocycles. The second-order valence-electron chi connectivity index (χ2n) is 7.13. The van der Waals surface area contributed by atoms with Gasteiger partial charge in [-0.1, -0.05) is 17.8 Å². The molecule has 0 spiro atoms. The third-order valence-corrected chi connectivity index (χ3v) is 8.07. The van der Waals surface area contributed by atoms with Gasteiger partial charge in [-0.3, -0.25) is 9.10 Å². The monoisotopic (exact) mass is 462 g/mol. The van der Waals surface area contributed by atoms with Crippen LogP contribution in [0.4, 0.5) is 5.69 Å². The molecule has 0 atom stereocenters. The first-order valence-corrected chi connectivity index (χ1v) is 13.3. The van der Waals surface area contributed by atoms with Crippen molar-refractivity contribution in [1.82, 2.24) is 14.8 Å². The number of thioether (sulfide) groups is 1. The van der Waals surface area contributed by atoms with E-state index in [-0.39, 0.29) is 11.5 Å². The number of nitrogens with zero attached hydrogens (tertiary/aromatic N) is 4. The van der Waals surface area contributed by atoms with Crippen LogP contribution in [0.5, 0.6) is 0 Å². The van der Waals surface area contributed by atoms with E-state index in [1.807, 2.05) is 16.7 Å². The van der Waals surface area contributed by atoms with E-state index in [1.165, 1.54) is 27.2 Å². The molecule has 0 saturated heterocycles. The molecule has 3 heterocycles. The maximum absolute atomic E-state index is 12.8. The molecule has 0 N–H and O–H groups in total. The average molecular weight is 463 g/mol. The Morgan fingerprint density at radius 2 is 2.17 bits per heavy atom. The number of anilines is 1. The quantitative estimate of drug-likeness (QED) is 0.377. The molecule has 4 rings (SSSR count). The van der Waals surface area contributed by atoms with Crippen molar-refractivity contribution in [3.05, 3.63) is 58.0 Å². The molecule has 0 radical (unpaired) electrons. The Bertz CT molecular complexity index is 1140. The first-order chi connectivity index (χ1) is 14.4. The third-order valence-electron chi connectivity index (χ3n) is 4.97. The van der Waals surface area contributed by atoms with Gasteiger partial charge in [-0.2, -0.15) is 0 Å². The van der Waals surface area contributed by atoms with Gasteiger partial charge in [-0.25, -0.2) is 8.42 Å². The van der Waals surface area contributed by atoms with E-state index in [9.17, 15) is 13.2 Å². The highest BCUT2D eigenvalue weighted by atomic mass is 32.2. The Labute approximate surface area is 184 Å². The van der Waals surface area contributed by atoms with Gasteiger partial charge in [0.25, 0.3) is 0 Å². The molecule has 1 aliphatic rings. The number of sulfonamides is 1. The summed E-state index contributed by atoms with van der Waals surface area (Å²) in [5.74, 6) is 0.249. The van der Waals surface area contributed by atoms with Crippen molar-refractivity contribution in [1.29, 1.82) is 0 Å². The van der Waals surface area contributed by atoms with Crippen molar-refractivity contribution in [2.45, 2.75) is 31.0 Å². The molecule has 0 amide bonds. The molecule has 1 aliphatic heterocycles. The zero-order valence-electron chi connectivity index (χ0n) is 16.5. The Kier molecular flexibility index (Phi) is 6.26. The molecule has 3 aromatic rings. The van der Waals surface area contributed by atoms with Gasteiger partial charge < -0.3 is 4.57 Å². The van der Waals surface area contributed by atoms with Gasteiger partial charge in [0.1, 0.15) is 6.33 Å². The molecular formula is C20H22N4O3S3. The lowest BCUT2D eigenvalue weighted by atomic mass is 9.99. The van der Waals surface area contributed by atoms with Gasteiger partial charge >= 0.3 is 0 Å². The van der Waals surface area contributed by atoms with Crippen LogP contribution in [0.1, 0.15) is 27.2 Å². The van der Waals surface area contributed by atoms with Crippen LogP contribution in [-0.2, 0) is 29.4 Å². The maximum atomic E-state index is 12.8. The fourth-order valence-electron chi connectivity index (χ4n) is 3.49. The topological polar surface area (TPSA) is 85.2 Å². The summed E-state index contributed by atoms with van der Waals surface area (Å²) in [6.07, 6.45) is 5.33. The number of thiophene rings is 1. The number of Topliss-reactive ketones (excluding diaryl/α,β-unsaturated/α-hetero) is 1. The van der Waals surface area contributed by atoms with Crippen molar-refractivity contribution < 1.29 is 13.2 Å². The predicted octanol–water partition coefficient (Wildman–Crippen LogP) is 3.27. The summed E-state index contributed by atoms with van der Waals surface area (Å²) in [6.45, 7) is 1.25. The number of hydrogen-bond donors (Lipinski definition) is 0. The smallest absolute Gasteiger partial charge is 0.232 e. The molecule has 30 heavy (non-hydrogen) atoms. The Balaban J connectivity index is 1.41. The fraction of sp³-hybridized carbons (Fsp3) is 0.350. The molecule has 0 bridgehead atoms. The average Bonchev–Trinajstić information content (AvgIpc) is 3.40. The van der Waals surface area contributed by atoms with Crippen molar-refractivity contribution in [2.24, 2.45) is 0 Å². The molecule has 10 heteroatoms. The summed E-state index contributed by atoms with van der Waals surface area (Å²) in [4.78, 5) is 14.1. The van der Waals surface area contributed by atoms with Gasteiger partial charge in [-0.05, 0) is 54.5 Å². The molecule has 7 nitrogen and oxygen atoms in total. The lowest BCUT2D eigenvalue weighted by Gasteiger charge is -2.29. The van der Waals surface area contributed by atoms with Crippen LogP contribution >= 0.6 is 23.1 Å². The minimum Gasteiger partial charge on any atom is -0.308 e. The minimum atomic E-state index is -3.31. The molecule has 0 unspecified atom stereocenters. The van der Waals surface area contributed by atoms with Crippen molar-refractivity contribution in [3.63, 3.8) is 0 Å². The summed E-state index contributed by atoms with van der Waals surface area (Å²) in [5.41, 5.74) is 2.18. The summed E-state index contributed by atoms with van der Waals surface area (Å²) < 4.78 is 27.4. The second kappa shape index (κ2) is 8.91. The summed E-state index contributed by atoms with van der Waals surface area (Å²) in [6, 6.07) is 9.43. The first-order valence-electron chi connectivity index (χ1n) is 9.58. The fourth-order valence-corrected chi connectivity index (χ4v) is 6.02. The van der Waals surface area contributed by atoms with E-state index in [1.54, 1.807) is 29.8 Å². The standard InChI is InChI=1S/C20H22N4O3S3/c1-30(26,27)24-9-2-4-15-12-16(6-7-18(15)24)19(25)13-29-20-22-21-14-23(20)10-8-17-5-3-11-28-17/h3,5-7,11-12,14H,2,4,8-10,13H2,1H3. The number of fused-ring (bicyclic) bond motifs is 1. The van der Waals surface area contributed by atoms with Gasteiger partial charge in [0.15, 0.2) is 10.9 Å². The Morgan fingerprint density at radius 3 is 2.93 bits per heavy atom. The van der Waals surface area contributed by atoms with E-state index >= 15 is 0 Å². The van der Waals surface area contributed by atoms with Crippen molar-refractivity contribution >= 4 is 44.6 Å². The molecule has 0 saturated carbocycles. The van der Waals surface area contributed by atoms with Crippen LogP contribution in [0.3, 0.4) is 0 Å². The lowest BCUT2D eigenvalue weighted by molar-refractivity contribution is 0.102. The highest BCUT2D eigenvalue weighted by Gasteiger charge is 2.24. The van der Waals surface area contributed by atoms with Gasteiger partial charge in [0, 0.05) is 23.5 Å². The Morgan fingerprint density at radius 1 is 1.30 bits per heavy atom. The molecule has 2 aromatic heterocycles. The minimum absolute atomic E-state index is 0.00733. The molecule has 0 fully saturated rings. The number of carbonyl (C=O) groups excluding carboxylic acids is 1. The highest BCUT2D eigenvalue weighted by molar-refractivity contribution is 7.99. The van der Waals surface area contributed by atoms with Crippen LogP contribution in [0.25, 0.3) is 0 Å². The summed E-state index contributed by atoms with van der Waals surface area (Å²) in [5, 5.41) is 10.9. The number of aromatic nitrogens is 3. The van der Waals surface area contributed by atoms with E-state index in [0.717, 1.165) is 36.5 Å². The van der Waals surface area contributed by atoms with Crippen molar-refractivity contribution in [2.75, 3.05) is 22.9 Å². The van der Waals surface area contributed by atoms with E-state index in [2.05, 4.69) is 21.6 Å². The number of benzene rings is 1. The largest absolute Gasteiger partial charge is 0.308 e. The van der Waals surface area contributed by atoms with Crippen LogP contribution < -0.4 is 4.31 Å². The number of ketones is 1.